The van der Waals surface area contributed by atoms with E-state index < -0.39 is 0 Å². The summed E-state index contributed by atoms with van der Waals surface area (Å²) in [5, 5.41) is 1.34. The molecule has 1 N–H and O–H groups in total. The first-order chi connectivity index (χ1) is 17.0. The summed E-state index contributed by atoms with van der Waals surface area (Å²) in [5.41, 5.74) is 7.68. The van der Waals surface area contributed by atoms with Crippen LogP contribution in [0.25, 0.3) is 16.5 Å². The van der Waals surface area contributed by atoms with Gasteiger partial charge < -0.3 is 9.88 Å². The van der Waals surface area contributed by atoms with Gasteiger partial charge in [0.2, 0.25) is 5.91 Å². The predicted molar refractivity (Wildman–Crippen MR) is 146 cm³/mol. The van der Waals surface area contributed by atoms with Crippen molar-refractivity contribution in [1.82, 2.24) is 9.88 Å². The summed E-state index contributed by atoms with van der Waals surface area (Å²) in [6.45, 7) is 9.28. The second-order valence-electron chi connectivity index (χ2n) is 10.6. The molecule has 1 aromatic heterocycles. The van der Waals surface area contributed by atoms with Gasteiger partial charge in [-0.25, -0.2) is 4.99 Å². The number of allylic oxidation sites excluding steroid dienone is 4. The van der Waals surface area contributed by atoms with E-state index in [4.69, 9.17) is 0 Å². The number of aromatic amines is 1. The van der Waals surface area contributed by atoms with E-state index in [1.165, 1.54) is 33.3 Å². The second kappa shape index (κ2) is 10.3. The molecule has 3 heterocycles. The van der Waals surface area contributed by atoms with E-state index in [-0.39, 0.29) is 0 Å². The molecule has 2 aliphatic heterocycles. The zero-order valence-electron chi connectivity index (χ0n) is 21.4. The number of H-pyrrole nitrogens is 1. The molecule has 5 rings (SSSR count). The Morgan fingerprint density at radius 3 is 2.74 bits per heavy atom. The Balaban J connectivity index is 1.43. The monoisotopic (exact) mass is 470 g/mol. The molecule has 1 amide bonds. The van der Waals surface area contributed by atoms with E-state index in [0.717, 1.165) is 57.5 Å². The van der Waals surface area contributed by atoms with Crippen molar-refractivity contribution in [3.8, 4) is 0 Å². The zero-order chi connectivity index (χ0) is 24.4. The molecule has 0 saturated carbocycles. The van der Waals surface area contributed by atoms with E-state index in [2.05, 4.69) is 77.1 Å². The van der Waals surface area contributed by atoms with Crippen LogP contribution in [0.5, 0.6) is 0 Å². The molecular formula is C30H38N4O. The lowest BCUT2D eigenvalue weighted by atomic mass is 9.87. The third kappa shape index (κ3) is 4.91. The van der Waals surface area contributed by atoms with Crippen molar-refractivity contribution in [2.75, 3.05) is 19.6 Å². The van der Waals surface area contributed by atoms with E-state index in [1.807, 2.05) is 0 Å². The normalized spacial score (nSPS) is 23.4. The maximum Gasteiger partial charge on any atom is 0.222 e. The summed E-state index contributed by atoms with van der Waals surface area (Å²) in [5.74, 6) is 1.69. The van der Waals surface area contributed by atoms with Crippen molar-refractivity contribution in [2.45, 2.75) is 71.1 Å². The van der Waals surface area contributed by atoms with Gasteiger partial charge in [0.15, 0.2) is 0 Å². The number of piperidine rings is 1. The van der Waals surface area contributed by atoms with Crippen LogP contribution < -0.4 is 0 Å². The summed E-state index contributed by atoms with van der Waals surface area (Å²) in [4.78, 5) is 27.0. The van der Waals surface area contributed by atoms with Crippen LogP contribution in [0.2, 0.25) is 0 Å². The minimum atomic E-state index is 0.317. The van der Waals surface area contributed by atoms with Crippen LogP contribution in [0.3, 0.4) is 0 Å². The molecule has 3 aliphatic rings. The molecule has 2 aromatic rings. The maximum atomic E-state index is 12.3. The third-order valence-corrected chi connectivity index (χ3v) is 7.86. The molecule has 0 radical (unpaired) electrons. The van der Waals surface area contributed by atoms with Gasteiger partial charge in [0.1, 0.15) is 6.34 Å². The van der Waals surface area contributed by atoms with Crippen molar-refractivity contribution in [3.05, 3.63) is 53.2 Å². The van der Waals surface area contributed by atoms with Crippen molar-refractivity contribution in [3.63, 3.8) is 0 Å². The highest BCUT2D eigenvalue weighted by atomic mass is 16.2. The van der Waals surface area contributed by atoms with Gasteiger partial charge in [-0.3, -0.25) is 9.79 Å². The average molecular weight is 471 g/mol. The number of fused-ring (bicyclic) bond motifs is 2. The number of aromatic nitrogens is 1. The summed E-state index contributed by atoms with van der Waals surface area (Å²) in [6, 6.07) is 6.98. The Hall–Kier alpha value is -2.95. The number of carbonyl (C=O) groups is 1. The smallest absolute Gasteiger partial charge is 0.222 e. The molecule has 1 aromatic carbocycles. The predicted octanol–water partition coefficient (Wildman–Crippen LogP) is 6.63. The SMILES string of the molecule is CCCC(=O)N1CCC(c2ccc3[nH]c(C4=C/CCC5CN=CN=C5/C=C\4)c(C(C)C)c3c2)CC1. The van der Waals surface area contributed by atoms with Gasteiger partial charge in [-0.15, -0.1) is 0 Å². The molecule has 1 saturated heterocycles. The Bertz CT molecular complexity index is 1200. The Morgan fingerprint density at radius 1 is 1.14 bits per heavy atom. The minimum absolute atomic E-state index is 0.317. The van der Waals surface area contributed by atoms with Crippen LogP contribution in [0.1, 0.15) is 88.0 Å². The summed E-state index contributed by atoms with van der Waals surface area (Å²) < 4.78 is 0. The van der Waals surface area contributed by atoms with Gasteiger partial charge in [-0.1, -0.05) is 39.0 Å². The van der Waals surface area contributed by atoms with E-state index in [0.29, 0.717) is 30.1 Å². The maximum absolute atomic E-state index is 12.3. The van der Waals surface area contributed by atoms with Crippen molar-refractivity contribution >= 4 is 34.4 Å². The van der Waals surface area contributed by atoms with Gasteiger partial charge in [0, 0.05) is 54.3 Å². The fourth-order valence-electron chi connectivity index (χ4n) is 5.91. The fourth-order valence-corrected chi connectivity index (χ4v) is 5.91. The number of benzene rings is 1. The van der Waals surface area contributed by atoms with Gasteiger partial charge in [0.05, 0.1) is 0 Å². The molecule has 1 unspecified atom stereocenters. The molecule has 1 aliphatic carbocycles. The number of hydrogen-bond donors (Lipinski definition) is 1. The van der Waals surface area contributed by atoms with Gasteiger partial charge in [0.25, 0.3) is 0 Å². The standard InChI is InChI=1S/C30H38N4O/c1-4-6-28(35)34-15-13-21(14-16-34)23-10-12-27-25(17-23)29(20(2)3)30(33-27)22-7-5-8-24-18-31-19-32-26(24)11-9-22/h7,9-12,17,19-21,24,33H,4-6,8,13-16,18H2,1-3H3/b11-9-,22-7+. The number of likely N-dealkylation sites (tertiary alicyclic amines) is 1. The summed E-state index contributed by atoms with van der Waals surface area (Å²) in [7, 11) is 0. The number of rotatable bonds is 5. The summed E-state index contributed by atoms with van der Waals surface area (Å²) >= 11 is 0. The van der Waals surface area contributed by atoms with Crippen molar-refractivity contribution in [2.24, 2.45) is 15.9 Å². The van der Waals surface area contributed by atoms with Gasteiger partial charge in [-0.05, 0) is 78.8 Å². The Kier molecular flexibility index (Phi) is 7.03. The molecule has 0 bridgehead atoms. The highest BCUT2D eigenvalue weighted by molar-refractivity contribution is 6.04. The lowest BCUT2D eigenvalue weighted by Crippen LogP contribution is -2.37. The highest BCUT2D eigenvalue weighted by Crippen LogP contribution is 2.38. The van der Waals surface area contributed by atoms with Crippen LogP contribution in [0, 0.1) is 5.92 Å². The molecule has 184 valence electrons. The highest BCUT2D eigenvalue weighted by Gasteiger charge is 2.25. The van der Waals surface area contributed by atoms with Crippen molar-refractivity contribution in [1.29, 1.82) is 0 Å². The first-order valence-corrected chi connectivity index (χ1v) is 13.4. The van der Waals surface area contributed by atoms with Crippen molar-refractivity contribution < 1.29 is 4.79 Å². The fraction of sp³-hybridized carbons (Fsp3) is 0.500. The van der Waals surface area contributed by atoms with E-state index >= 15 is 0 Å². The lowest BCUT2D eigenvalue weighted by molar-refractivity contribution is -0.132. The topological polar surface area (TPSA) is 60.8 Å². The van der Waals surface area contributed by atoms with Crippen LogP contribution in [-0.2, 0) is 4.79 Å². The van der Waals surface area contributed by atoms with Gasteiger partial charge >= 0.3 is 0 Å². The Morgan fingerprint density at radius 2 is 1.97 bits per heavy atom. The quantitative estimate of drug-likeness (QED) is 0.524. The molecule has 5 heteroatoms. The molecule has 5 nitrogen and oxygen atoms in total. The van der Waals surface area contributed by atoms with Crippen LogP contribution in [-0.4, -0.2) is 47.5 Å². The molecule has 1 fully saturated rings. The minimum Gasteiger partial charge on any atom is -0.354 e. The van der Waals surface area contributed by atoms with Gasteiger partial charge in [-0.2, -0.15) is 0 Å². The zero-order valence-corrected chi connectivity index (χ0v) is 21.4. The number of carbonyl (C=O) groups excluding carboxylic acids is 1. The number of nitrogens with zero attached hydrogens (tertiary/aromatic N) is 3. The largest absolute Gasteiger partial charge is 0.354 e. The number of nitrogens with one attached hydrogen (secondary N) is 1. The molecular weight excluding hydrogens is 432 g/mol. The average Bonchev–Trinajstić information content (AvgIpc) is 3.24. The van der Waals surface area contributed by atoms with Crippen LogP contribution >= 0.6 is 0 Å². The first kappa shape index (κ1) is 23.8. The number of hydrogen-bond acceptors (Lipinski definition) is 3. The first-order valence-electron chi connectivity index (χ1n) is 13.4. The lowest BCUT2D eigenvalue weighted by Gasteiger charge is -2.32. The van der Waals surface area contributed by atoms with E-state index in [1.54, 1.807) is 6.34 Å². The van der Waals surface area contributed by atoms with Crippen LogP contribution in [0.4, 0.5) is 0 Å². The Labute approximate surface area is 209 Å². The second-order valence-corrected chi connectivity index (χ2v) is 10.6. The summed E-state index contributed by atoms with van der Waals surface area (Å²) in [6.07, 6.45) is 14.3. The third-order valence-electron chi connectivity index (χ3n) is 7.86. The molecule has 1 atom stereocenters. The number of aliphatic imine (C=N–C) groups is 2. The molecule has 35 heavy (non-hydrogen) atoms. The molecule has 0 spiro atoms. The van der Waals surface area contributed by atoms with E-state index in [9.17, 15) is 4.79 Å². The van der Waals surface area contributed by atoms with Crippen LogP contribution in [0.15, 0.2) is 46.4 Å². The number of amides is 1.